The molecule has 126 valence electrons. The first-order valence-electron chi connectivity index (χ1n) is 6.99. The number of hydrogen-bond donors (Lipinski definition) is 0. The summed E-state index contributed by atoms with van der Waals surface area (Å²) < 4.78 is 43.4. The monoisotopic (exact) mass is 369 g/mol. The number of hydrogen-bond acceptors (Lipinski definition) is 4. The Morgan fingerprint density at radius 2 is 2.00 bits per heavy atom. The Balaban J connectivity index is 1.91. The van der Waals surface area contributed by atoms with Crippen molar-refractivity contribution in [3.63, 3.8) is 0 Å². The zero-order valence-electron chi connectivity index (χ0n) is 12.6. The van der Waals surface area contributed by atoms with E-state index in [9.17, 15) is 17.6 Å². The number of fused-ring (bicyclic) bond motifs is 1. The topological polar surface area (TPSA) is 63.7 Å². The van der Waals surface area contributed by atoms with Crippen molar-refractivity contribution in [2.75, 3.05) is 7.05 Å². The second kappa shape index (κ2) is 6.07. The minimum absolute atomic E-state index is 0.105. The lowest BCUT2D eigenvalue weighted by Gasteiger charge is -2.24. The van der Waals surface area contributed by atoms with Crippen LogP contribution in [0, 0.1) is 5.82 Å². The molecule has 0 spiro atoms. The quantitative estimate of drug-likeness (QED) is 0.831. The summed E-state index contributed by atoms with van der Waals surface area (Å²) in [5.41, 5.74) is 0.998. The Kier molecular flexibility index (Phi) is 4.23. The van der Waals surface area contributed by atoms with Gasteiger partial charge < -0.3 is 9.64 Å². The van der Waals surface area contributed by atoms with Crippen LogP contribution in [0.1, 0.15) is 11.1 Å². The minimum atomic E-state index is -3.65. The molecule has 0 N–H and O–H groups in total. The zero-order chi connectivity index (χ0) is 17.5. The lowest BCUT2D eigenvalue weighted by molar-refractivity contribution is 0.150. The number of benzene rings is 2. The SMILES string of the molecule is CN1Cc2cc(S(=O)(=O)Cc3ccc(F)c(Cl)c3)ccc2OC1=O. The van der Waals surface area contributed by atoms with Gasteiger partial charge in [0.15, 0.2) is 9.84 Å². The summed E-state index contributed by atoms with van der Waals surface area (Å²) in [6.07, 6.45) is -0.487. The first-order chi connectivity index (χ1) is 11.3. The van der Waals surface area contributed by atoms with Crippen LogP contribution in [0.2, 0.25) is 5.02 Å². The van der Waals surface area contributed by atoms with Crippen LogP contribution in [0.3, 0.4) is 0 Å². The van der Waals surface area contributed by atoms with E-state index in [0.717, 1.165) is 6.07 Å². The van der Waals surface area contributed by atoms with Crippen LogP contribution in [0.5, 0.6) is 5.75 Å². The number of carbonyl (C=O) groups is 1. The van der Waals surface area contributed by atoms with E-state index in [2.05, 4.69) is 0 Å². The van der Waals surface area contributed by atoms with Gasteiger partial charge in [0.1, 0.15) is 11.6 Å². The molecule has 1 amide bonds. The van der Waals surface area contributed by atoms with E-state index >= 15 is 0 Å². The van der Waals surface area contributed by atoms with Crippen molar-refractivity contribution in [1.29, 1.82) is 0 Å². The molecule has 24 heavy (non-hydrogen) atoms. The normalized spacial score (nSPS) is 14.3. The van der Waals surface area contributed by atoms with Crippen molar-refractivity contribution in [3.8, 4) is 5.75 Å². The Hall–Kier alpha value is -2.12. The number of carbonyl (C=O) groups excluding carboxylic acids is 1. The molecule has 0 aliphatic carbocycles. The zero-order valence-corrected chi connectivity index (χ0v) is 14.2. The van der Waals surface area contributed by atoms with Crippen molar-refractivity contribution in [2.24, 2.45) is 0 Å². The van der Waals surface area contributed by atoms with Crippen LogP contribution in [-0.2, 0) is 22.1 Å². The minimum Gasteiger partial charge on any atom is -0.410 e. The summed E-state index contributed by atoms with van der Waals surface area (Å²) in [6.45, 7) is 0.264. The first-order valence-corrected chi connectivity index (χ1v) is 9.02. The highest BCUT2D eigenvalue weighted by atomic mass is 35.5. The van der Waals surface area contributed by atoms with Gasteiger partial charge in [-0.25, -0.2) is 17.6 Å². The lowest BCUT2D eigenvalue weighted by atomic mass is 10.2. The molecule has 2 aromatic carbocycles. The number of amides is 1. The maximum atomic E-state index is 13.2. The summed E-state index contributed by atoms with van der Waals surface area (Å²) in [6, 6.07) is 8.14. The molecule has 0 atom stereocenters. The van der Waals surface area contributed by atoms with Gasteiger partial charge in [-0.15, -0.1) is 0 Å². The molecule has 1 aliphatic heterocycles. The summed E-state index contributed by atoms with van der Waals surface area (Å²) in [4.78, 5) is 12.9. The average molecular weight is 370 g/mol. The highest BCUT2D eigenvalue weighted by Gasteiger charge is 2.24. The number of ether oxygens (including phenoxy) is 1. The van der Waals surface area contributed by atoms with Gasteiger partial charge in [-0.3, -0.25) is 0 Å². The standard InChI is InChI=1S/C16H13ClFNO4S/c1-19-8-11-7-12(3-5-15(11)23-16(19)20)24(21,22)9-10-2-4-14(18)13(17)6-10/h2-7H,8-9H2,1H3. The van der Waals surface area contributed by atoms with E-state index in [0.29, 0.717) is 16.9 Å². The van der Waals surface area contributed by atoms with Gasteiger partial charge in [-0.1, -0.05) is 17.7 Å². The van der Waals surface area contributed by atoms with Gasteiger partial charge in [0.2, 0.25) is 0 Å². The molecular formula is C16H13ClFNO4S. The van der Waals surface area contributed by atoms with E-state index in [1.54, 1.807) is 7.05 Å². The molecule has 1 aliphatic rings. The summed E-state index contributed by atoms with van der Waals surface area (Å²) in [5, 5.41) is -0.123. The lowest BCUT2D eigenvalue weighted by Crippen LogP contribution is -2.33. The number of nitrogens with zero attached hydrogens (tertiary/aromatic N) is 1. The van der Waals surface area contributed by atoms with Gasteiger partial charge in [-0.05, 0) is 35.9 Å². The summed E-state index contributed by atoms with van der Waals surface area (Å²) >= 11 is 5.69. The molecule has 0 saturated carbocycles. The third-order valence-corrected chi connectivity index (χ3v) is 5.62. The third-order valence-electron chi connectivity index (χ3n) is 3.65. The predicted molar refractivity (Wildman–Crippen MR) is 86.2 cm³/mol. The van der Waals surface area contributed by atoms with E-state index < -0.39 is 21.7 Å². The molecule has 0 saturated heterocycles. The third kappa shape index (κ3) is 3.22. The Morgan fingerprint density at radius 1 is 1.25 bits per heavy atom. The van der Waals surface area contributed by atoms with Gasteiger partial charge in [0.05, 0.1) is 22.2 Å². The second-order valence-corrected chi connectivity index (χ2v) is 7.90. The van der Waals surface area contributed by atoms with E-state index in [1.165, 1.54) is 35.2 Å². The van der Waals surface area contributed by atoms with Crippen molar-refractivity contribution >= 4 is 27.5 Å². The van der Waals surface area contributed by atoms with Crippen molar-refractivity contribution < 1.29 is 22.3 Å². The molecule has 5 nitrogen and oxygen atoms in total. The van der Waals surface area contributed by atoms with Gasteiger partial charge in [0, 0.05) is 12.6 Å². The Labute approximate surface area is 143 Å². The molecule has 3 rings (SSSR count). The maximum absolute atomic E-state index is 13.2. The van der Waals surface area contributed by atoms with E-state index in [-0.39, 0.29) is 22.2 Å². The van der Waals surface area contributed by atoms with Crippen molar-refractivity contribution in [2.45, 2.75) is 17.2 Å². The van der Waals surface area contributed by atoms with Crippen LogP contribution in [0.4, 0.5) is 9.18 Å². The first kappa shape index (κ1) is 16.7. The van der Waals surface area contributed by atoms with Crippen LogP contribution < -0.4 is 4.74 Å². The highest BCUT2D eigenvalue weighted by molar-refractivity contribution is 7.90. The smallest absolute Gasteiger partial charge is 0.410 e. The van der Waals surface area contributed by atoms with Crippen LogP contribution in [0.15, 0.2) is 41.3 Å². The molecule has 0 aromatic heterocycles. The maximum Gasteiger partial charge on any atom is 0.415 e. The fourth-order valence-corrected chi connectivity index (χ4v) is 3.98. The Morgan fingerprint density at radius 3 is 2.71 bits per heavy atom. The highest BCUT2D eigenvalue weighted by Crippen LogP contribution is 2.29. The summed E-state index contributed by atoms with van der Waals surface area (Å²) in [5.74, 6) is -0.556. The Bertz CT molecular complexity index is 930. The fourth-order valence-electron chi connectivity index (χ4n) is 2.40. The molecule has 8 heteroatoms. The van der Waals surface area contributed by atoms with Crippen molar-refractivity contribution in [3.05, 3.63) is 58.4 Å². The number of halogens is 2. The fraction of sp³-hybridized carbons (Fsp3) is 0.188. The molecule has 0 bridgehead atoms. The van der Waals surface area contributed by atoms with Crippen LogP contribution >= 0.6 is 11.6 Å². The molecule has 0 unspecified atom stereocenters. The molecule has 0 radical (unpaired) electrons. The molecule has 2 aromatic rings. The van der Waals surface area contributed by atoms with Gasteiger partial charge in [-0.2, -0.15) is 0 Å². The van der Waals surface area contributed by atoms with Crippen molar-refractivity contribution in [1.82, 2.24) is 4.90 Å². The van der Waals surface area contributed by atoms with E-state index in [1.807, 2.05) is 0 Å². The van der Waals surface area contributed by atoms with E-state index in [4.69, 9.17) is 16.3 Å². The summed E-state index contributed by atoms with van der Waals surface area (Å²) in [7, 11) is -2.09. The van der Waals surface area contributed by atoms with Crippen LogP contribution in [-0.4, -0.2) is 26.5 Å². The number of sulfone groups is 1. The molecule has 0 fully saturated rings. The molecular weight excluding hydrogens is 357 g/mol. The van der Waals surface area contributed by atoms with Gasteiger partial charge in [0.25, 0.3) is 0 Å². The molecule has 1 heterocycles. The van der Waals surface area contributed by atoms with Crippen LogP contribution in [0.25, 0.3) is 0 Å². The van der Waals surface area contributed by atoms with Gasteiger partial charge >= 0.3 is 6.09 Å². The average Bonchev–Trinajstić information content (AvgIpc) is 2.51. The second-order valence-electron chi connectivity index (χ2n) is 5.50. The predicted octanol–water partition coefficient (Wildman–Crippen LogP) is 3.40. The number of rotatable bonds is 3. The largest absolute Gasteiger partial charge is 0.415 e.